The number of rotatable bonds is 4. The summed E-state index contributed by atoms with van der Waals surface area (Å²) in [4.78, 5) is 0. The van der Waals surface area contributed by atoms with E-state index in [1.165, 1.54) is 77.6 Å². The lowest BCUT2D eigenvalue weighted by Gasteiger charge is -2.16. The summed E-state index contributed by atoms with van der Waals surface area (Å²) in [5.74, 6) is 0.509. The second kappa shape index (κ2) is 10.2. The lowest BCUT2D eigenvalue weighted by atomic mass is 9.93. The third-order valence-electron chi connectivity index (χ3n) is 9.46. The molecule has 0 saturated heterocycles. The summed E-state index contributed by atoms with van der Waals surface area (Å²) in [7, 11) is 0. The Morgan fingerprint density at radius 1 is 0.511 bits per heavy atom. The first-order valence-electron chi connectivity index (χ1n) is 15.8. The van der Waals surface area contributed by atoms with Crippen LogP contribution in [0.15, 0.2) is 152 Å². The molecule has 8 aromatic rings. The number of hydrogen-bond donors (Lipinski definition) is 0. The minimum absolute atomic E-state index is 0.509. The Kier molecular flexibility index (Phi) is 5.89. The van der Waals surface area contributed by atoms with E-state index in [0.29, 0.717) is 5.92 Å². The zero-order chi connectivity index (χ0) is 29.9. The molecule has 2 aromatic heterocycles. The quantitative estimate of drug-likeness (QED) is 0.197. The van der Waals surface area contributed by atoms with E-state index in [2.05, 4.69) is 174 Å². The molecule has 0 N–H and O–H groups in total. The van der Waals surface area contributed by atoms with Crippen LogP contribution < -0.4 is 0 Å². The van der Waals surface area contributed by atoms with Crippen LogP contribution in [0, 0.1) is 5.92 Å². The predicted molar refractivity (Wildman–Crippen MR) is 190 cm³/mol. The molecule has 6 aromatic carbocycles. The number of allylic oxidation sites excluding steroid dienone is 1. The topological polar surface area (TPSA) is 9.86 Å². The van der Waals surface area contributed by atoms with Crippen molar-refractivity contribution in [3.05, 3.63) is 163 Å². The van der Waals surface area contributed by atoms with Gasteiger partial charge in [-0.1, -0.05) is 122 Å². The molecule has 2 heteroatoms. The number of para-hydroxylation sites is 1. The van der Waals surface area contributed by atoms with Crippen LogP contribution in [0.25, 0.3) is 72.4 Å². The van der Waals surface area contributed by atoms with Crippen LogP contribution in [0.3, 0.4) is 0 Å². The Bertz CT molecular complexity index is 2390. The third-order valence-corrected chi connectivity index (χ3v) is 9.46. The maximum Gasteiger partial charge on any atom is 0.0637 e. The van der Waals surface area contributed by atoms with E-state index < -0.39 is 0 Å². The molecule has 45 heavy (non-hydrogen) atoms. The smallest absolute Gasteiger partial charge is 0.0637 e. The standard InChI is InChI=1S/C43H32N2/c1-29-19-25-40-38(27-29)36-24-26-41-42(43(36)45(40)34-22-20-32(21-23-34)30-11-4-2-5-12-30)37-17-8-9-18-39(37)44(41)35-16-10-15-33(28-35)31-13-6-3-7-14-31/h2-26,28-29H,27H2,1H3. The zero-order valence-electron chi connectivity index (χ0n) is 25.2. The maximum atomic E-state index is 2.52. The largest absolute Gasteiger partial charge is 0.309 e. The van der Waals surface area contributed by atoms with Crippen LogP contribution >= 0.6 is 0 Å². The number of fused-ring (bicyclic) bond motifs is 7. The van der Waals surface area contributed by atoms with Crippen molar-refractivity contribution >= 4 is 38.8 Å². The van der Waals surface area contributed by atoms with E-state index in [-0.39, 0.29) is 0 Å². The van der Waals surface area contributed by atoms with Gasteiger partial charge in [0.15, 0.2) is 0 Å². The van der Waals surface area contributed by atoms with E-state index in [1.54, 1.807) is 0 Å². The minimum Gasteiger partial charge on any atom is -0.309 e. The summed E-state index contributed by atoms with van der Waals surface area (Å²) < 4.78 is 4.96. The molecule has 2 heterocycles. The highest BCUT2D eigenvalue weighted by Crippen LogP contribution is 2.43. The highest BCUT2D eigenvalue weighted by atomic mass is 15.0. The summed E-state index contributed by atoms with van der Waals surface area (Å²) in [6.45, 7) is 2.32. The van der Waals surface area contributed by atoms with Gasteiger partial charge >= 0.3 is 0 Å². The van der Waals surface area contributed by atoms with Gasteiger partial charge in [-0.05, 0) is 82.6 Å². The summed E-state index contributed by atoms with van der Waals surface area (Å²) in [6.07, 6.45) is 5.76. The van der Waals surface area contributed by atoms with Gasteiger partial charge in [-0.3, -0.25) is 0 Å². The second-order valence-corrected chi connectivity index (χ2v) is 12.3. The van der Waals surface area contributed by atoms with Gasteiger partial charge in [-0.15, -0.1) is 0 Å². The van der Waals surface area contributed by atoms with Crippen molar-refractivity contribution in [1.82, 2.24) is 9.13 Å². The van der Waals surface area contributed by atoms with E-state index in [4.69, 9.17) is 0 Å². The fraction of sp³-hybridized carbons (Fsp3) is 0.0698. The SMILES string of the molecule is CC1C=Cc2c(c3ccc4c(c5ccccc5n4-c4cccc(-c5ccccc5)c4)c3n2-c2ccc(-c3ccccc3)cc2)C1. The molecule has 0 fully saturated rings. The summed E-state index contributed by atoms with van der Waals surface area (Å²) in [5, 5.41) is 3.93. The van der Waals surface area contributed by atoms with Crippen molar-refractivity contribution in [1.29, 1.82) is 0 Å². The van der Waals surface area contributed by atoms with Gasteiger partial charge in [-0.25, -0.2) is 0 Å². The van der Waals surface area contributed by atoms with Gasteiger partial charge in [0, 0.05) is 33.2 Å². The lowest BCUT2D eigenvalue weighted by Crippen LogP contribution is -2.05. The van der Waals surface area contributed by atoms with Crippen LogP contribution in [0.1, 0.15) is 18.2 Å². The highest BCUT2D eigenvalue weighted by molar-refractivity contribution is 6.22. The Labute approximate surface area is 263 Å². The molecule has 9 rings (SSSR count). The molecule has 0 aliphatic heterocycles. The molecule has 0 radical (unpaired) electrons. The van der Waals surface area contributed by atoms with Crippen molar-refractivity contribution in [2.24, 2.45) is 5.92 Å². The first-order chi connectivity index (χ1) is 22.2. The molecule has 2 nitrogen and oxygen atoms in total. The Morgan fingerprint density at radius 3 is 1.96 bits per heavy atom. The van der Waals surface area contributed by atoms with Crippen molar-refractivity contribution in [3.63, 3.8) is 0 Å². The molecular weight excluding hydrogens is 544 g/mol. The average Bonchev–Trinajstić information content (AvgIpc) is 3.62. The normalized spacial score (nSPS) is 14.4. The average molecular weight is 577 g/mol. The van der Waals surface area contributed by atoms with Gasteiger partial charge in [0.1, 0.15) is 0 Å². The van der Waals surface area contributed by atoms with Gasteiger partial charge in [0.05, 0.1) is 16.6 Å². The Morgan fingerprint density at radius 2 is 1.18 bits per heavy atom. The molecule has 0 amide bonds. The van der Waals surface area contributed by atoms with Crippen molar-refractivity contribution in [2.45, 2.75) is 13.3 Å². The number of hydrogen-bond acceptors (Lipinski definition) is 0. The lowest BCUT2D eigenvalue weighted by molar-refractivity contribution is 0.718. The molecule has 1 atom stereocenters. The van der Waals surface area contributed by atoms with Crippen LogP contribution in [0.5, 0.6) is 0 Å². The second-order valence-electron chi connectivity index (χ2n) is 12.3. The Balaban J connectivity index is 1.34. The van der Waals surface area contributed by atoms with E-state index in [0.717, 1.165) is 6.42 Å². The van der Waals surface area contributed by atoms with Gasteiger partial charge in [0.25, 0.3) is 0 Å². The van der Waals surface area contributed by atoms with E-state index in [1.807, 2.05) is 0 Å². The molecular formula is C43H32N2. The summed E-state index contributed by atoms with van der Waals surface area (Å²) in [6, 6.07) is 52.9. The van der Waals surface area contributed by atoms with Gasteiger partial charge in [-0.2, -0.15) is 0 Å². The number of aromatic nitrogens is 2. The van der Waals surface area contributed by atoms with E-state index >= 15 is 0 Å². The van der Waals surface area contributed by atoms with Crippen LogP contribution in [-0.4, -0.2) is 9.13 Å². The molecule has 1 aliphatic carbocycles. The fourth-order valence-electron chi connectivity index (χ4n) is 7.38. The first-order valence-corrected chi connectivity index (χ1v) is 15.8. The van der Waals surface area contributed by atoms with Crippen LogP contribution in [0.4, 0.5) is 0 Å². The van der Waals surface area contributed by atoms with Crippen LogP contribution in [0.2, 0.25) is 0 Å². The molecule has 214 valence electrons. The van der Waals surface area contributed by atoms with E-state index in [9.17, 15) is 0 Å². The highest BCUT2D eigenvalue weighted by Gasteiger charge is 2.25. The third kappa shape index (κ3) is 4.10. The summed E-state index contributed by atoms with van der Waals surface area (Å²) in [5.41, 5.74) is 13.7. The minimum atomic E-state index is 0.509. The van der Waals surface area contributed by atoms with Gasteiger partial charge < -0.3 is 9.13 Å². The molecule has 0 bridgehead atoms. The van der Waals surface area contributed by atoms with Crippen molar-refractivity contribution in [2.75, 3.05) is 0 Å². The molecule has 0 spiro atoms. The predicted octanol–water partition coefficient (Wildman–Crippen LogP) is 11.3. The monoisotopic (exact) mass is 576 g/mol. The van der Waals surface area contributed by atoms with Crippen LogP contribution in [-0.2, 0) is 6.42 Å². The van der Waals surface area contributed by atoms with Crippen molar-refractivity contribution < 1.29 is 0 Å². The number of nitrogens with zero attached hydrogens (tertiary/aromatic N) is 2. The van der Waals surface area contributed by atoms with Crippen molar-refractivity contribution in [3.8, 4) is 33.6 Å². The molecule has 1 unspecified atom stereocenters. The fourth-order valence-corrected chi connectivity index (χ4v) is 7.38. The Hall–Kier alpha value is -5.60. The maximum absolute atomic E-state index is 2.52. The first kappa shape index (κ1) is 25.9. The molecule has 0 saturated carbocycles. The summed E-state index contributed by atoms with van der Waals surface area (Å²) >= 11 is 0. The van der Waals surface area contributed by atoms with Gasteiger partial charge in [0.2, 0.25) is 0 Å². The molecule has 1 aliphatic rings. The number of benzene rings is 6. The zero-order valence-corrected chi connectivity index (χ0v) is 25.2.